The van der Waals surface area contributed by atoms with Crippen molar-refractivity contribution in [3.8, 4) is 0 Å². The predicted molar refractivity (Wildman–Crippen MR) is 74.5 cm³/mol. The monoisotopic (exact) mass is 271 g/mol. The van der Waals surface area contributed by atoms with Crippen LogP contribution in [0.5, 0.6) is 0 Å². The van der Waals surface area contributed by atoms with Crippen LogP contribution in [0.1, 0.15) is 15.9 Å². The smallest absolute Gasteiger partial charge is 0.253 e. The number of nitrogens with one attached hydrogen (secondary N) is 2. The average Bonchev–Trinajstić information content (AvgIpc) is 3.08. The first-order valence-corrected chi connectivity index (χ1v) is 7.13. The molecule has 2 unspecified atom stereocenters. The molecule has 2 atom stereocenters. The number of rotatable bonds is 1. The molecule has 3 aliphatic heterocycles. The Kier molecular flexibility index (Phi) is 2.57. The summed E-state index contributed by atoms with van der Waals surface area (Å²) in [7, 11) is 0. The Balaban J connectivity index is 1.55. The van der Waals surface area contributed by atoms with Crippen molar-refractivity contribution in [1.29, 1.82) is 0 Å². The molecule has 3 heterocycles. The lowest BCUT2D eigenvalue weighted by Crippen LogP contribution is -2.31. The zero-order valence-corrected chi connectivity index (χ0v) is 11.2. The van der Waals surface area contributed by atoms with Crippen LogP contribution in [0, 0.1) is 11.8 Å². The van der Waals surface area contributed by atoms with Gasteiger partial charge in [0.2, 0.25) is 5.91 Å². The van der Waals surface area contributed by atoms with E-state index in [1.165, 1.54) is 0 Å². The molecule has 20 heavy (non-hydrogen) atoms. The van der Waals surface area contributed by atoms with Gasteiger partial charge in [0.05, 0.1) is 6.42 Å². The Bertz CT molecular complexity index is 587. The first-order valence-electron chi connectivity index (χ1n) is 7.13. The molecule has 2 fully saturated rings. The van der Waals surface area contributed by atoms with Gasteiger partial charge in [0, 0.05) is 37.4 Å². The SMILES string of the molecule is O=C1Cc2ccc(C(=O)N3CC4CNCC4C3)cc2N1. The van der Waals surface area contributed by atoms with E-state index >= 15 is 0 Å². The molecule has 0 aliphatic carbocycles. The maximum Gasteiger partial charge on any atom is 0.253 e. The molecule has 5 heteroatoms. The summed E-state index contributed by atoms with van der Waals surface area (Å²) < 4.78 is 0. The van der Waals surface area contributed by atoms with E-state index in [0.717, 1.165) is 37.4 Å². The Morgan fingerprint density at radius 2 is 1.95 bits per heavy atom. The number of fused-ring (bicyclic) bond motifs is 2. The molecular weight excluding hydrogens is 254 g/mol. The first kappa shape index (κ1) is 11.9. The van der Waals surface area contributed by atoms with Crippen LogP contribution in [0.3, 0.4) is 0 Å². The van der Waals surface area contributed by atoms with Gasteiger partial charge < -0.3 is 15.5 Å². The fourth-order valence-corrected chi connectivity index (χ4v) is 3.55. The Morgan fingerprint density at radius 1 is 1.20 bits per heavy atom. The summed E-state index contributed by atoms with van der Waals surface area (Å²) in [5.41, 5.74) is 2.45. The summed E-state index contributed by atoms with van der Waals surface area (Å²) in [5, 5.41) is 6.18. The predicted octanol–water partition coefficient (Wildman–Crippen LogP) is 0.473. The second kappa shape index (κ2) is 4.31. The van der Waals surface area contributed by atoms with E-state index in [9.17, 15) is 9.59 Å². The van der Waals surface area contributed by atoms with Crippen LogP contribution >= 0.6 is 0 Å². The molecular formula is C15H17N3O2. The summed E-state index contributed by atoms with van der Waals surface area (Å²) in [6.07, 6.45) is 0.420. The lowest BCUT2D eigenvalue weighted by Gasteiger charge is -2.18. The van der Waals surface area contributed by atoms with Gasteiger partial charge in [-0.25, -0.2) is 0 Å². The molecule has 1 aromatic rings. The van der Waals surface area contributed by atoms with Crippen molar-refractivity contribution in [3.63, 3.8) is 0 Å². The minimum atomic E-state index is 0.00591. The summed E-state index contributed by atoms with van der Waals surface area (Å²) in [4.78, 5) is 25.9. The number of amides is 2. The molecule has 5 nitrogen and oxygen atoms in total. The van der Waals surface area contributed by atoms with Gasteiger partial charge in [-0.15, -0.1) is 0 Å². The first-order chi connectivity index (χ1) is 9.70. The molecule has 3 aliphatic rings. The highest BCUT2D eigenvalue weighted by Crippen LogP contribution is 2.29. The lowest BCUT2D eigenvalue weighted by atomic mass is 10.0. The van der Waals surface area contributed by atoms with Crippen molar-refractivity contribution in [3.05, 3.63) is 29.3 Å². The minimum absolute atomic E-state index is 0.00591. The third kappa shape index (κ3) is 1.81. The minimum Gasteiger partial charge on any atom is -0.338 e. The number of carbonyl (C=O) groups excluding carboxylic acids is 2. The van der Waals surface area contributed by atoms with E-state index in [-0.39, 0.29) is 11.8 Å². The second-order valence-electron chi connectivity index (χ2n) is 5.99. The standard InChI is InChI=1S/C15H17N3O2/c19-14-4-9-1-2-10(3-13(9)17-14)15(20)18-7-11-5-16-6-12(11)8-18/h1-3,11-12,16H,4-8H2,(H,17,19). The van der Waals surface area contributed by atoms with Gasteiger partial charge >= 0.3 is 0 Å². The van der Waals surface area contributed by atoms with Crippen molar-refractivity contribution < 1.29 is 9.59 Å². The number of hydrogen-bond acceptors (Lipinski definition) is 3. The topological polar surface area (TPSA) is 61.4 Å². The number of likely N-dealkylation sites (tertiary alicyclic amines) is 1. The molecule has 0 aromatic heterocycles. The van der Waals surface area contributed by atoms with Gasteiger partial charge in [-0.3, -0.25) is 9.59 Å². The highest BCUT2D eigenvalue weighted by Gasteiger charge is 2.38. The largest absolute Gasteiger partial charge is 0.338 e. The molecule has 104 valence electrons. The van der Waals surface area contributed by atoms with Crippen LogP contribution in [0.2, 0.25) is 0 Å². The summed E-state index contributed by atoms with van der Waals surface area (Å²) in [6.45, 7) is 3.74. The van der Waals surface area contributed by atoms with Crippen molar-refractivity contribution in [2.24, 2.45) is 11.8 Å². The van der Waals surface area contributed by atoms with Gasteiger partial charge in [-0.05, 0) is 29.5 Å². The molecule has 0 spiro atoms. The second-order valence-corrected chi connectivity index (χ2v) is 5.99. The zero-order chi connectivity index (χ0) is 13.7. The average molecular weight is 271 g/mol. The fraction of sp³-hybridized carbons (Fsp3) is 0.467. The van der Waals surface area contributed by atoms with Crippen LogP contribution in [0.4, 0.5) is 5.69 Å². The van der Waals surface area contributed by atoms with E-state index in [0.29, 0.717) is 23.8 Å². The van der Waals surface area contributed by atoms with Gasteiger partial charge in [0.15, 0.2) is 0 Å². The van der Waals surface area contributed by atoms with Gasteiger partial charge in [0.1, 0.15) is 0 Å². The third-order valence-corrected chi connectivity index (χ3v) is 4.66. The van der Waals surface area contributed by atoms with Crippen LogP contribution in [0.15, 0.2) is 18.2 Å². The van der Waals surface area contributed by atoms with Gasteiger partial charge in [-0.1, -0.05) is 6.07 Å². The Hall–Kier alpha value is -1.88. The van der Waals surface area contributed by atoms with Crippen LogP contribution < -0.4 is 10.6 Å². The van der Waals surface area contributed by atoms with Crippen molar-refractivity contribution in [2.75, 3.05) is 31.5 Å². The summed E-state index contributed by atoms with van der Waals surface area (Å²) in [5.74, 6) is 1.30. The summed E-state index contributed by atoms with van der Waals surface area (Å²) in [6, 6.07) is 5.54. The quantitative estimate of drug-likeness (QED) is 0.780. The number of benzene rings is 1. The number of anilines is 1. The van der Waals surface area contributed by atoms with Crippen molar-refractivity contribution in [2.45, 2.75) is 6.42 Å². The summed E-state index contributed by atoms with van der Waals surface area (Å²) >= 11 is 0. The van der Waals surface area contributed by atoms with Gasteiger partial charge in [0.25, 0.3) is 5.91 Å². The van der Waals surface area contributed by atoms with Crippen LogP contribution in [-0.2, 0) is 11.2 Å². The number of hydrogen-bond donors (Lipinski definition) is 2. The van der Waals surface area contributed by atoms with Crippen LogP contribution in [0.25, 0.3) is 0 Å². The Labute approximate surface area is 117 Å². The Morgan fingerprint density at radius 3 is 2.70 bits per heavy atom. The van der Waals surface area contributed by atoms with E-state index < -0.39 is 0 Å². The molecule has 2 N–H and O–H groups in total. The normalized spacial score (nSPS) is 27.4. The maximum atomic E-state index is 12.6. The molecule has 0 bridgehead atoms. The molecule has 4 rings (SSSR count). The van der Waals surface area contributed by atoms with E-state index in [1.54, 1.807) is 0 Å². The lowest BCUT2D eigenvalue weighted by molar-refractivity contribution is -0.115. The molecule has 0 saturated carbocycles. The third-order valence-electron chi connectivity index (χ3n) is 4.66. The van der Waals surface area contributed by atoms with Crippen molar-refractivity contribution >= 4 is 17.5 Å². The van der Waals surface area contributed by atoms with E-state index in [1.807, 2.05) is 23.1 Å². The fourth-order valence-electron chi connectivity index (χ4n) is 3.55. The molecule has 2 saturated heterocycles. The maximum absolute atomic E-state index is 12.6. The molecule has 2 amide bonds. The highest BCUT2D eigenvalue weighted by molar-refractivity contribution is 6.02. The van der Waals surface area contributed by atoms with E-state index in [2.05, 4.69) is 10.6 Å². The zero-order valence-electron chi connectivity index (χ0n) is 11.2. The van der Waals surface area contributed by atoms with Crippen molar-refractivity contribution in [1.82, 2.24) is 10.2 Å². The highest BCUT2D eigenvalue weighted by atomic mass is 16.2. The number of carbonyl (C=O) groups is 2. The number of nitrogens with zero attached hydrogens (tertiary/aromatic N) is 1. The molecule has 1 aromatic carbocycles. The van der Waals surface area contributed by atoms with Gasteiger partial charge in [-0.2, -0.15) is 0 Å². The van der Waals surface area contributed by atoms with E-state index in [4.69, 9.17) is 0 Å². The van der Waals surface area contributed by atoms with Crippen LogP contribution in [-0.4, -0.2) is 42.9 Å². The molecule has 0 radical (unpaired) electrons.